The van der Waals surface area contributed by atoms with E-state index in [0.717, 1.165) is 11.1 Å². The number of thioether (sulfide) groups is 1. The van der Waals surface area contributed by atoms with E-state index in [9.17, 15) is 4.79 Å². The summed E-state index contributed by atoms with van der Waals surface area (Å²) in [7, 11) is 1.59. The van der Waals surface area contributed by atoms with Gasteiger partial charge < -0.3 is 14.6 Å². The maximum Gasteiger partial charge on any atom is 0.321 e. The molecule has 0 aromatic heterocycles. The lowest BCUT2D eigenvalue weighted by Gasteiger charge is -2.15. The van der Waals surface area contributed by atoms with Crippen LogP contribution in [0.15, 0.2) is 42.5 Å². The van der Waals surface area contributed by atoms with Gasteiger partial charge in [-0.25, -0.2) is 0 Å². The van der Waals surface area contributed by atoms with Crippen molar-refractivity contribution in [1.29, 1.82) is 0 Å². The second kappa shape index (κ2) is 7.99. The summed E-state index contributed by atoms with van der Waals surface area (Å²) in [5, 5.41) is 12.8. The van der Waals surface area contributed by atoms with Gasteiger partial charge in [-0.05, 0) is 35.4 Å². The van der Waals surface area contributed by atoms with E-state index in [4.69, 9.17) is 26.2 Å². The zero-order valence-electron chi connectivity index (χ0n) is 13.6. The Bertz CT molecular complexity index is 753. The molecule has 0 aliphatic carbocycles. The van der Waals surface area contributed by atoms with E-state index in [1.54, 1.807) is 18.9 Å². The average Bonchev–Trinajstić information content (AvgIpc) is 3.11. The topological polar surface area (TPSA) is 67.8 Å². The summed E-state index contributed by atoms with van der Waals surface area (Å²) in [4.78, 5) is 11.1. The minimum atomic E-state index is -0.829. The summed E-state index contributed by atoms with van der Waals surface area (Å²) < 4.78 is 11.3. The smallest absolute Gasteiger partial charge is 0.321 e. The van der Waals surface area contributed by atoms with E-state index in [1.165, 1.54) is 0 Å². The van der Waals surface area contributed by atoms with Crippen LogP contribution in [0.2, 0.25) is 5.02 Å². The highest BCUT2D eigenvalue weighted by Gasteiger charge is 2.30. The van der Waals surface area contributed by atoms with Gasteiger partial charge in [0.15, 0.2) is 11.5 Å². The fourth-order valence-electron chi connectivity index (χ4n) is 2.51. The lowest BCUT2D eigenvalue weighted by atomic mass is 10.2. The standard InChI is InChI=1S/C18H18ClNO4S/c1-23-16-8-12(17-20-14(10-25-17)18(21)22)4-7-15(16)24-9-11-2-5-13(19)6-3-11/h2-8,14,17,20H,9-10H2,1H3,(H,21,22). The largest absolute Gasteiger partial charge is 0.493 e. The van der Waals surface area contributed by atoms with Gasteiger partial charge in [0.2, 0.25) is 0 Å². The Morgan fingerprint density at radius 2 is 2.04 bits per heavy atom. The number of halogens is 1. The average molecular weight is 380 g/mol. The predicted octanol–water partition coefficient (Wildman–Crippen LogP) is 3.72. The molecule has 0 amide bonds. The quantitative estimate of drug-likeness (QED) is 0.797. The van der Waals surface area contributed by atoms with Crippen LogP contribution in [-0.2, 0) is 11.4 Å². The van der Waals surface area contributed by atoms with Crippen LogP contribution < -0.4 is 14.8 Å². The van der Waals surface area contributed by atoms with Crippen LogP contribution >= 0.6 is 23.4 Å². The predicted molar refractivity (Wildman–Crippen MR) is 98.5 cm³/mol. The summed E-state index contributed by atoms with van der Waals surface area (Å²) in [5.74, 6) is 0.966. The Kier molecular flexibility index (Phi) is 5.73. The number of carbonyl (C=O) groups is 1. The first kappa shape index (κ1) is 17.9. The number of rotatable bonds is 6. The maximum absolute atomic E-state index is 11.1. The molecular weight excluding hydrogens is 362 g/mol. The first-order valence-corrected chi connectivity index (χ1v) is 9.15. The molecule has 1 saturated heterocycles. The molecular formula is C18H18ClNO4S. The molecule has 0 radical (unpaired) electrons. The molecule has 2 aromatic rings. The second-order valence-corrected chi connectivity index (χ2v) is 7.17. The van der Waals surface area contributed by atoms with Gasteiger partial charge >= 0.3 is 5.97 Å². The van der Waals surface area contributed by atoms with Crippen molar-refractivity contribution in [3.8, 4) is 11.5 Å². The number of nitrogens with one attached hydrogen (secondary N) is 1. The van der Waals surface area contributed by atoms with Crippen LogP contribution in [0.4, 0.5) is 0 Å². The highest BCUT2D eigenvalue weighted by Crippen LogP contribution is 2.37. The van der Waals surface area contributed by atoms with Gasteiger partial charge in [-0.2, -0.15) is 0 Å². The van der Waals surface area contributed by atoms with Crippen LogP contribution in [0.5, 0.6) is 11.5 Å². The lowest BCUT2D eigenvalue weighted by molar-refractivity contribution is -0.138. The summed E-state index contributed by atoms with van der Waals surface area (Å²) in [6.45, 7) is 0.407. The minimum Gasteiger partial charge on any atom is -0.493 e. The minimum absolute atomic E-state index is 0.0692. The molecule has 0 saturated carbocycles. The molecule has 132 valence electrons. The molecule has 25 heavy (non-hydrogen) atoms. The molecule has 0 spiro atoms. The Morgan fingerprint density at radius 1 is 1.28 bits per heavy atom. The van der Waals surface area contributed by atoms with Crippen LogP contribution in [-0.4, -0.2) is 30.0 Å². The number of aliphatic carboxylic acids is 1. The number of hydrogen-bond acceptors (Lipinski definition) is 5. The van der Waals surface area contributed by atoms with Gasteiger partial charge in [0, 0.05) is 10.8 Å². The van der Waals surface area contributed by atoms with Gasteiger partial charge in [0.25, 0.3) is 0 Å². The Labute approximate surface area is 155 Å². The van der Waals surface area contributed by atoms with Crippen molar-refractivity contribution in [3.63, 3.8) is 0 Å². The van der Waals surface area contributed by atoms with Gasteiger partial charge in [0.1, 0.15) is 12.6 Å². The van der Waals surface area contributed by atoms with Crippen molar-refractivity contribution in [2.45, 2.75) is 18.0 Å². The van der Waals surface area contributed by atoms with E-state index in [0.29, 0.717) is 28.9 Å². The number of carboxylic acid groups (broad SMARTS) is 1. The van der Waals surface area contributed by atoms with E-state index < -0.39 is 12.0 Å². The normalized spacial score (nSPS) is 19.6. The van der Waals surface area contributed by atoms with E-state index >= 15 is 0 Å². The summed E-state index contributed by atoms with van der Waals surface area (Å²) in [6.07, 6.45) is 0. The van der Waals surface area contributed by atoms with Crippen molar-refractivity contribution in [1.82, 2.24) is 5.32 Å². The van der Waals surface area contributed by atoms with E-state index in [-0.39, 0.29) is 5.37 Å². The molecule has 2 N–H and O–H groups in total. The molecule has 0 bridgehead atoms. The second-order valence-electron chi connectivity index (χ2n) is 5.60. The fraction of sp³-hybridized carbons (Fsp3) is 0.278. The lowest BCUT2D eigenvalue weighted by Crippen LogP contribution is -2.33. The van der Waals surface area contributed by atoms with Gasteiger partial charge in [0.05, 0.1) is 12.5 Å². The number of ether oxygens (including phenoxy) is 2. The van der Waals surface area contributed by atoms with Crippen molar-refractivity contribution in [2.75, 3.05) is 12.9 Å². The van der Waals surface area contributed by atoms with E-state index in [1.807, 2.05) is 42.5 Å². The zero-order valence-corrected chi connectivity index (χ0v) is 15.1. The molecule has 1 aliphatic rings. The third-order valence-electron chi connectivity index (χ3n) is 3.88. The van der Waals surface area contributed by atoms with Crippen molar-refractivity contribution in [2.24, 2.45) is 0 Å². The van der Waals surface area contributed by atoms with Crippen molar-refractivity contribution in [3.05, 3.63) is 58.6 Å². The SMILES string of the molecule is COc1cc(C2NC(C(=O)O)CS2)ccc1OCc1ccc(Cl)cc1. The van der Waals surface area contributed by atoms with Crippen LogP contribution in [0.3, 0.4) is 0 Å². The number of hydrogen-bond donors (Lipinski definition) is 2. The van der Waals surface area contributed by atoms with Crippen molar-refractivity contribution >= 4 is 29.3 Å². The zero-order chi connectivity index (χ0) is 17.8. The molecule has 1 heterocycles. The summed E-state index contributed by atoms with van der Waals surface area (Å²) in [6, 6.07) is 12.6. The van der Waals surface area contributed by atoms with E-state index in [2.05, 4.69) is 5.32 Å². The number of carboxylic acids is 1. The number of benzene rings is 2. The first-order valence-electron chi connectivity index (χ1n) is 7.72. The Balaban J connectivity index is 1.69. The maximum atomic E-state index is 11.1. The molecule has 2 unspecified atom stereocenters. The van der Waals surface area contributed by atoms with Crippen LogP contribution in [0, 0.1) is 0 Å². The molecule has 1 aliphatic heterocycles. The first-order chi connectivity index (χ1) is 12.1. The highest BCUT2D eigenvalue weighted by atomic mass is 35.5. The Hall–Kier alpha value is -1.89. The van der Waals surface area contributed by atoms with Crippen LogP contribution in [0.1, 0.15) is 16.5 Å². The molecule has 2 aromatic carbocycles. The third-order valence-corrected chi connectivity index (χ3v) is 5.40. The van der Waals surface area contributed by atoms with Gasteiger partial charge in [-0.1, -0.05) is 29.8 Å². The van der Waals surface area contributed by atoms with Gasteiger partial charge in [-0.15, -0.1) is 11.8 Å². The fourth-order valence-corrected chi connectivity index (χ4v) is 3.86. The highest BCUT2D eigenvalue weighted by molar-refractivity contribution is 7.99. The molecule has 2 atom stereocenters. The number of methoxy groups -OCH3 is 1. The molecule has 7 heteroatoms. The third kappa shape index (κ3) is 4.39. The molecule has 3 rings (SSSR count). The summed E-state index contributed by atoms with van der Waals surface area (Å²) >= 11 is 7.45. The van der Waals surface area contributed by atoms with Crippen LogP contribution in [0.25, 0.3) is 0 Å². The Morgan fingerprint density at radius 3 is 2.68 bits per heavy atom. The molecule has 1 fully saturated rings. The monoisotopic (exact) mass is 379 g/mol. The van der Waals surface area contributed by atoms with Crippen molar-refractivity contribution < 1.29 is 19.4 Å². The van der Waals surface area contributed by atoms with Gasteiger partial charge in [-0.3, -0.25) is 10.1 Å². The summed E-state index contributed by atoms with van der Waals surface area (Å²) in [5.41, 5.74) is 1.97. The molecule has 5 nitrogen and oxygen atoms in total.